The Bertz CT molecular complexity index is 1140. The summed E-state index contributed by atoms with van der Waals surface area (Å²) in [4.78, 5) is 30.4. The molecule has 1 aromatic heterocycles. The third-order valence-electron chi connectivity index (χ3n) is 5.48. The van der Waals surface area contributed by atoms with E-state index in [2.05, 4.69) is 4.98 Å². The highest BCUT2D eigenvalue weighted by molar-refractivity contribution is 7.09. The van der Waals surface area contributed by atoms with Gasteiger partial charge in [0.1, 0.15) is 0 Å². The van der Waals surface area contributed by atoms with E-state index in [0.29, 0.717) is 34.8 Å². The van der Waals surface area contributed by atoms with Gasteiger partial charge in [-0.1, -0.05) is 30.3 Å². The number of carboxylic acids is 1. The summed E-state index contributed by atoms with van der Waals surface area (Å²) in [7, 11) is 0. The van der Waals surface area contributed by atoms with Crippen LogP contribution in [-0.4, -0.2) is 40.0 Å². The van der Waals surface area contributed by atoms with Gasteiger partial charge in [-0.15, -0.1) is 11.3 Å². The zero-order chi connectivity index (χ0) is 22.9. The molecule has 9 heteroatoms. The van der Waals surface area contributed by atoms with E-state index in [-0.39, 0.29) is 17.5 Å². The van der Waals surface area contributed by atoms with Crippen molar-refractivity contribution in [1.29, 1.82) is 0 Å². The summed E-state index contributed by atoms with van der Waals surface area (Å²) in [6.45, 7) is 0.959. The van der Waals surface area contributed by atoms with Gasteiger partial charge in [0.2, 0.25) is 0 Å². The Hall–Kier alpha value is -3.20. The molecule has 1 unspecified atom stereocenters. The van der Waals surface area contributed by atoms with Crippen LogP contribution in [0.4, 0.5) is 13.2 Å². The third-order valence-corrected chi connectivity index (χ3v) is 6.49. The molecule has 0 saturated carbocycles. The molecular formula is C23H19F3N2O3S. The maximum absolute atomic E-state index is 13.3. The molecule has 32 heavy (non-hydrogen) atoms. The molecular weight excluding hydrogens is 441 g/mol. The molecule has 166 valence electrons. The predicted octanol–water partition coefficient (Wildman–Crippen LogP) is 5.55. The van der Waals surface area contributed by atoms with Crippen LogP contribution in [0.5, 0.6) is 0 Å². The molecule has 2 aromatic carbocycles. The normalized spacial score (nSPS) is 16.7. The number of likely N-dealkylation sites (tertiary alicyclic amines) is 1. The number of hydrogen-bond acceptors (Lipinski definition) is 4. The molecule has 1 amide bonds. The summed E-state index contributed by atoms with van der Waals surface area (Å²) in [6.07, 6.45) is -2.87. The first kappa shape index (κ1) is 22.0. The van der Waals surface area contributed by atoms with Crippen molar-refractivity contribution in [3.63, 3.8) is 0 Å². The fourth-order valence-corrected chi connectivity index (χ4v) is 4.79. The Kier molecular flexibility index (Phi) is 6.01. The average Bonchev–Trinajstić information content (AvgIpc) is 3.29. The largest absolute Gasteiger partial charge is 0.476 e. The molecule has 1 fully saturated rings. The minimum Gasteiger partial charge on any atom is -0.476 e. The van der Waals surface area contributed by atoms with Crippen LogP contribution in [0.1, 0.15) is 50.2 Å². The highest BCUT2D eigenvalue weighted by Crippen LogP contribution is 2.34. The second-order valence-corrected chi connectivity index (χ2v) is 8.48. The van der Waals surface area contributed by atoms with Gasteiger partial charge in [-0.2, -0.15) is 13.2 Å². The van der Waals surface area contributed by atoms with Crippen molar-refractivity contribution in [3.05, 3.63) is 75.7 Å². The van der Waals surface area contributed by atoms with Crippen molar-refractivity contribution in [2.45, 2.75) is 24.9 Å². The van der Waals surface area contributed by atoms with Gasteiger partial charge in [-0.3, -0.25) is 4.79 Å². The number of piperidine rings is 1. The molecule has 5 nitrogen and oxygen atoms in total. The number of benzene rings is 2. The minimum absolute atomic E-state index is 0.00102. The smallest absolute Gasteiger partial charge is 0.416 e. The van der Waals surface area contributed by atoms with Gasteiger partial charge < -0.3 is 10.0 Å². The van der Waals surface area contributed by atoms with Gasteiger partial charge in [-0.25, -0.2) is 9.78 Å². The fourth-order valence-electron chi connectivity index (χ4n) is 3.87. The molecule has 4 rings (SSSR count). The molecule has 1 aliphatic rings. The molecule has 1 N–H and O–H groups in total. The monoisotopic (exact) mass is 460 g/mol. The fraction of sp³-hybridized carbons (Fsp3) is 0.261. The summed E-state index contributed by atoms with van der Waals surface area (Å²) in [5, 5.41) is 11.3. The van der Waals surface area contributed by atoms with Crippen LogP contribution < -0.4 is 0 Å². The Morgan fingerprint density at radius 3 is 2.47 bits per heavy atom. The lowest BCUT2D eigenvalue weighted by atomic mass is 9.95. The Balaban J connectivity index is 1.57. The van der Waals surface area contributed by atoms with Gasteiger partial charge in [0.05, 0.1) is 10.6 Å². The number of carbonyl (C=O) groups excluding carboxylic acids is 1. The SMILES string of the molecule is O=C(O)c1csc(C2CCCN(C(=O)c3ccccc3-c3ccc(C(F)(F)F)cc3)C2)n1. The highest BCUT2D eigenvalue weighted by atomic mass is 32.1. The number of aromatic carboxylic acids is 1. The van der Waals surface area contributed by atoms with Crippen LogP contribution in [0.3, 0.4) is 0 Å². The number of thiazole rings is 1. The molecule has 0 aliphatic carbocycles. The summed E-state index contributed by atoms with van der Waals surface area (Å²) in [5.74, 6) is -1.34. The highest BCUT2D eigenvalue weighted by Gasteiger charge is 2.31. The standard InChI is InChI=1S/C23H19F3N2O3S/c24-23(25,26)16-9-7-14(8-10-16)17-5-1-2-6-18(17)21(29)28-11-3-4-15(12-28)20-27-19(13-32-20)22(30)31/h1-2,5-10,13,15H,3-4,11-12H2,(H,30,31). The van der Waals surface area contributed by atoms with Gasteiger partial charge in [0.15, 0.2) is 5.69 Å². The maximum atomic E-state index is 13.3. The van der Waals surface area contributed by atoms with E-state index in [0.717, 1.165) is 25.0 Å². The minimum atomic E-state index is -4.42. The third kappa shape index (κ3) is 4.52. The second-order valence-electron chi connectivity index (χ2n) is 7.59. The Morgan fingerprint density at radius 1 is 1.09 bits per heavy atom. The number of rotatable bonds is 4. The molecule has 2 heterocycles. The summed E-state index contributed by atoms with van der Waals surface area (Å²) >= 11 is 1.28. The zero-order valence-corrected chi connectivity index (χ0v) is 17.6. The number of alkyl halides is 3. The van der Waals surface area contributed by atoms with Crippen LogP contribution in [0.2, 0.25) is 0 Å². The van der Waals surface area contributed by atoms with Crippen LogP contribution in [0.25, 0.3) is 11.1 Å². The topological polar surface area (TPSA) is 70.5 Å². The van der Waals surface area contributed by atoms with Gasteiger partial charge in [0, 0.05) is 30.0 Å². The zero-order valence-electron chi connectivity index (χ0n) is 16.8. The molecule has 1 atom stereocenters. The predicted molar refractivity (Wildman–Crippen MR) is 114 cm³/mol. The second kappa shape index (κ2) is 8.74. The van der Waals surface area contributed by atoms with Crippen molar-refractivity contribution in [2.24, 2.45) is 0 Å². The lowest BCUT2D eigenvalue weighted by Gasteiger charge is -2.32. The number of nitrogens with zero attached hydrogens (tertiary/aromatic N) is 2. The number of halogens is 3. The van der Waals surface area contributed by atoms with Crippen LogP contribution in [0.15, 0.2) is 53.9 Å². The number of amides is 1. The molecule has 0 spiro atoms. The first-order valence-electron chi connectivity index (χ1n) is 9.98. The molecule has 3 aromatic rings. The molecule has 1 saturated heterocycles. The summed E-state index contributed by atoms with van der Waals surface area (Å²) in [5.41, 5.74) is 0.768. The van der Waals surface area contributed by atoms with Gasteiger partial charge >= 0.3 is 12.1 Å². The average molecular weight is 460 g/mol. The van der Waals surface area contributed by atoms with Crippen molar-refractivity contribution >= 4 is 23.2 Å². The lowest BCUT2D eigenvalue weighted by molar-refractivity contribution is -0.137. The Morgan fingerprint density at radius 2 is 1.81 bits per heavy atom. The van der Waals surface area contributed by atoms with Gasteiger partial charge in [-0.05, 0) is 42.2 Å². The van der Waals surface area contributed by atoms with Crippen LogP contribution in [-0.2, 0) is 6.18 Å². The molecule has 0 bridgehead atoms. The summed E-state index contributed by atoms with van der Waals surface area (Å²) < 4.78 is 38.7. The van der Waals surface area contributed by atoms with E-state index in [1.54, 1.807) is 29.2 Å². The Labute approximate surface area is 186 Å². The van der Waals surface area contributed by atoms with Gasteiger partial charge in [0.25, 0.3) is 5.91 Å². The molecule has 1 aliphatic heterocycles. The van der Waals surface area contributed by atoms with Crippen molar-refractivity contribution < 1.29 is 27.9 Å². The first-order valence-corrected chi connectivity index (χ1v) is 10.9. The van der Waals surface area contributed by atoms with E-state index in [4.69, 9.17) is 5.11 Å². The van der Waals surface area contributed by atoms with E-state index in [9.17, 15) is 22.8 Å². The van der Waals surface area contributed by atoms with Crippen LogP contribution >= 0.6 is 11.3 Å². The lowest BCUT2D eigenvalue weighted by Crippen LogP contribution is -2.39. The number of hydrogen-bond donors (Lipinski definition) is 1. The van der Waals surface area contributed by atoms with Crippen molar-refractivity contribution in [2.75, 3.05) is 13.1 Å². The first-order chi connectivity index (χ1) is 15.2. The summed E-state index contributed by atoms with van der Waals surface area (Å²) in [6, 6.07) is 11.6. The van der Waals surface area contributed by atoms with E-state index >= 15 is 0 Å². The van der Waals surface area contributed by atoms with Crippen molar-refractivity contribution in [3.8, 4) is 11.1 Å². The maximum Gasteiger partial charge on any atom is 0.416 e. The van der Waals surface area contributed by atoms with E-state index in [1.165, 1.54) is 28.8 Å². The van der Waals surface area contributed by atoms with E-state index in [1.807, 2.05) is 0 Å². The number of aromatic nitrogens is 1. The van der Waals surface area contributed by atoms with Crippen LogP contribution in [0, 0.1) is 0 Å². The number of carboxylic acid groups (broad SMARTS) is 1. The molecule has 0 radical (unpaired) electrons. The van der Waals surface area contributed by atoms with Crippen molar-refractivity contribution in [1.82, 2.24) is 9.88 Å². The quantitative estimate of drug-likeness (QED) is 0.555. The van der Waals surface area contributed by atoms with E-state index < -0.39 is 17.7 Å². The number of carbonyl (C=O) groups is 2.